The van der Waals surface area contributed by atoms with Crippen LogP contribution >= 0.6 is 11.3 Å². The molecule has 3 rings (SSSR count). The third-order valence-electron chi connectivity index (χ3n) is 3.43. The maximum Gasteiger partial charge on any atom is 0.127 e. The molecular weight excluding hydrogens is 244 g/mol. The molecule has 0 aromatic carbocycles. The lowest BCUT2D eigenvalue weighted by Crippen LogP contribution is -2.28. The average molecular weight is 262 g/mol. The number of nitrogens with two attached hydrogens (primary N) is 1. The fourth-order valence-corrected chi connectivity index (χ4v) is 3.71. The molecule has 2 aromatic rings. The smallest absolute Gasteiger partial charge is 0.127 e. The number of aryl methyl sites for hydroxylation is 1. The van der Waals surface area contributed by atoms with Gasteiger partial charge in [-0.1, -0.05) is 13.8 Å². The average Bonchev–Trinajstić information content (AvgIpc) is 2.82. The number of fused-ring (bicyclic) bond motifs is 1. The summed E-state index contributed by atoms with van der Waals surface area (Å²) in [6, 6.07) is 0.131. The van der Waals surface area contributed by atoms with Crippen molar-refractivity contribution in [1.29, 1.82) is 0 Å². The fraction of sp³-hybridized carbons (Fsp3) is 0.538. The number of hydrogen-bond donors (Lipinski definition) is 1. The maximum absolute atomic E-state index is 6.27. The highest BCUT2D eigenvalue weighted by Gasteiger charge is 2.33. The molecule has 2 aromatic heterocycles. The maximum atomic E-state index is 6.27. The topological polar surface area (TPSA) is 56.7 Å². The Morgan fingerprint density at radius 1 is 1.50 bits per heavy atom. The first-order chi connectivity index (χ1) is 8.44. The lowest BCUT2D eigenvalue weighted by molar-refractivity contribution is 0.282. The first-order valence-corrected chi connectivity index (χ1v) is 7.00. The lowest BCUT2D eigenvalue weighted by atomic mass is 9.77. The second-order valence-corrected chi connectivity index (χ2v) is 6.91. The van der Waals surface area contributed by atoms with Gasteiger partial charge in [0.25, 0.3) is 0 Å². The van der Waals surface area contributed by atoms with E-state index in [1.54, 1.807) is 16.0 Å². The Kier molecular flexibility index (Phi) is 2.57. The Morgan fingerprint density at radius 2 is 2.28 bits per heavy atom. The summed E-state index contributed by atoms with van der Waals surface area (Å²) in [5.41, 5.74) is 8.79. The van der Waals surface area contributed by atoms with E-state index in [9.17, 15) is 0 Å². The van der Waals surface area contributed by atoms with E-state index in [4.69, 9.17) is 10.7 Å². The number of aromatic nitrogens is 3. The highest BCUT2D eigenvalue weighted by atomic mass is 32.1. The van der Waals surface area contributed by atoms with Crippen molar-refractivity contribution in [2.24, 2.45) is 18.2 Å². The molecule has 0 saturated carbocycles. The zero-order valence-electron chi connectivity index (χ0n) is 11.0. The molecule has 0 radical (unpaired) electrons. The van der Waals surface area contributed by atoms with Gasteiger partial charge in [-0.05, 0) is 18.3 Å². The predicted molar refractivity (Wildman–Crippen MR) is 73.3 cm³/mol. The van der Waals surface area contributed by atoms with Crippen molar-refractivity contribution in [2.45, 2.75) is 32.7 Å². The van der Waals surface area contributed by atoms with Crippen molar-refractivity contribution in [3.63, 3.8) is 0 Å². The van der Waals surface area contributed by atoms with Gasteiger partial charge >= 0.3 is 0 Å². The van der Waals surface area contributed by atoms with Crippen LogP contribution in [-0.2, 0) is 13.5 Å². The highest BCUT2D eigenvalue weighted by molar-refractivity contribution is 7.15. The zero-order valence-corrected chi connectivity index (χ0v) is 11.8. The summed E-state index contributed by atoms with van der Waals surface area (Å²) in [6.45, 7) is 4.53. The van der Waals surface area contributed by atoms with Gasteiger partial charge in [-0.15, -0.1) is 11.3 Å². The number of thiazole rings is 1. The van der Waals surface area contributed by atoms with Gasteiger partial charge in [0.2, 0.25) is 0 Å². The Hall–Kier alpha value is -1.20. The highest BCUT2D eigenvalue weighted by Crippen LogP contribution is 2.43. The van der Waals surface area contributed by atoms with E-state index in [0.29, 0.717) is 0 Å². The van der Waals surface area contributed by atoms with Crippen molar-refractivity contribution in [3.8, 4) is 10.6 Å². The van der Waals surface area contributed by atoms with Crippen LogP contribution in [0.4, 0.5) is 0 Å². The minimum absolute atomic E-state index is 0.131. The van der Waals surface area contributed by atoms with Crippen LogP contribution in [0.1, 0.15) is 36.9 Å². The molecule has 2 heterocycles. The summed E-state index contributed by atoms with van der Waals surface area (Å²) < 4.78 is 1.81. The molecule has 1 aliphatic carbocycles. The molecule has 0 aliphatic heterocycles. The summed E-state index contributed by atoms with van der Waals surface area (Å²) in [7, 11) is 1.92. The molecule has 0 saturated heterocycles. The summed E-state index contributed by atoms with van der Waals surface area (Å²) >= 11 is 1.72. The standard InChI is InChI=1S/C13H18N4S/c1-13(2)4-9(14)11-10(5-13)16-12(18-11)8-6-15-17(3)7-8/h6-7,9H,4-5,14H2,1-3H3. The van der Waals surface area contributed by atoms with Crippen molar-refractivity contribution in [2.75, 3.05) is 0 Å². The van der Waals surface area contributed by atoms with Crippen LogP contribution in [0, 0.1) is 5.41 Å². The second kappa shape index (κ2) is 3.90. The lowest BCUT2D eigenvalue weighted by Gasteiger charge is -2.32. The summed E-state index contributed by atoms with van der Waals surface area (Å²) in [5.74, 6) is 0. The van der Waals surface area contributed by atoms with Crippen molar-refractivity contribution >= 4 is 11.3 Å². The second-order valence-electron chi connectivity index (χ2n) is 5.88. The molecule has 18 heavy (non-hydrogen) atoms. The first kappa shape index (κ1) is 11.9. The minimum atomic E-state index is 0.131. The van der Waals surface area contributed by atoms with Gasteiger partial charge < -0.3 is 5.73 Å². The van der Waals surface area contributed by atoms with Crippen LogP contribution in [-0.4, -0.2) is 14.8 Å². The third-order valence-corrected chi connectivity index (χ3v) is 4.71. The fourth-order valence-electron chi connectivity index (χ4n) is 2.65. The van der Waals surface area contributed by atoms with Crippen molar-refractivity contribution in [3.05, 3.63) is 23.0 Å². The zero-order chi connectivity index (χ0) is 12.9. The third kappa shape index (κ3) is 1.97. The van der Waals surface area contributed by atoms with E-state index >= 15 is 0 Å². The SMILES string of the molecule is Cn1cc(-c2nc3c(s2)C(N)CC(C)(C)C3)cn1. The van der Waals surface area contributed by atoms with E-state index in [0.717, 1.165) is 23.4 Å². The van der Waals surface area contributed by atoms with Crippen LogP contribution in [0.2, 0.25) is 0 Å². The van der Waals surface area contributed by atoms with E-state index in [1.807, 2.05) is 19.4 Å². The monoisotopic (exact) mass is 262 g/mol. The van der Waals surface area contributed by atoms with Gasteiger partial charge in [-0.25, -0.2) is 4.98 Å². The molecule has 0 spiro atoms. The Morgan fingerprint density at radius 3 is 2.94 bits per heavy atom. The molecule has 0 amide bonds. The minimum Gasteiger partial charge on any atom is -0.323 e. The van der Waals surface area contributed by atoms with Crippen molar-refractivity contribution < 1.29 is 0 Å². The molecule has 0 fully saturated rings. The first-order valence-electron chi connectivity index (χ1n) is 6.19. The largest absolute Gasteiger partial charge is 0.323 e. The molecule has 4 nitrogen and oxygen atoms in total. The van der Waals surface area contributed by atoms with Crippen molar-refractivity contribution in [1.82, 2.24) is 14.8 Å². The van der Waals surface area contributed by atoms with E-state index in [1.165, 1.54) is 10.6 Å². The van der Waals surface area contributed by atoms with E-state index in [-0.39, 0.29) is 11.5 Å². The molecule has 96 valence electrons. The quantitative estimate of drug-likeness (QED) is 0.859. The Labute approximate surface area is 111 Å². The molecule has 1 atom stereocenters. The van der Waals surface area contributed by atoms with Crippen LogP contribution in [0.25, 0.3) is 10.6 Å². The van der Waals surface area contributed by atoms with Gasteiger partial charge in [0.05, 0.1) is 11.9 Å². The van der Waals surface area contributed by atoms with Crippen LogP contribution < -0.4 is 5.73 Å². The van der Waals surface area contributed by atoms with Gasteiger partial charge in [-0.3, -0.25) is 4.68 Å². The van der Waals surface area contributed by atoms with Crippen LogP contribution in [0.5, 0.6) is 0 Å². The molecule has 1 aliphatic rings. The summed E-state index contributed by atoms with van der Waals surface area (Å²) in [6.07, 6.45) is 5.92. The molecule has 2 N–H and O–H groups in total. The Bertz CT molecular complexity index is 582. The number of nitrogens with zero attached hydrogens (tertiary/aromatic N) is 3. The normalized spacial score (nSPS) is 21.9. The molecule has 5 heteroatoms. The van der Waals surface area contributed by atoms with E-state index < -0.39 is 0 Å². The van der Waals surface area contributed by atoms with Gasteiger partial charge in [0.15, 0.2) is 0 Å². The van der Waals surface area contributed by atoms with E-state index in [2.05, 4.69) is 18.9 Å². The number of rotatable bonds is 1. The molecule has 1 unspecified atom stereocenters. The van der Waals surface area contributed by atoms with Gasteiger partial charge in [0, 0.05) is 29.7 Å². The summed E-state index contributed by atoms with van der Waals surface area (Å²) in [5, 5.41) is 5.24. The molecule has 0 bridgehead atoms. The summed E-state index contributed by atoms with van der Waals surface area (Å²) in [4.78, 5) is 6.02. The predicted octanol–water partition coefficient (Wildman–Crippen LogP) is 2.52. The van der Waals surface area contributed by atoms with Crippen LogP contribution in [0.3, 0.4) is 0 Å². The van der Waals surface area contributed by atoms with Crippen LogP contribution in [0.15, 0.2) is 12.4 Å². The number of hydrogen-bond acceptors (Lipinski definition) is 4. The molecular formula is C13H18N4S. The van der Waals surface area contributed by atoms with Gasteiger partial charge in [0.1, 0.15) is 5.01 Å². The van der Waals surface area contributed by atoms with Gasteiger partial charge in [-0.2, -0.15) is 5.10 Å². The Balaban J connectivity index is 2.02.